The molecule has 1 fully saturated rings. The molecule has 168 valence electrons. The molecule has 1 heterocycles. The molecule has 1 N–H and O–H groups in total. The van der Waals surface area contributed by atoms with Crippen LogP contribution in [-0.2, 0) is 10.0 Å². The molecule has 8 heteroatoms. The summed E-state index contributed by atoms with van der Waals surface area (Å²) in [6, 6.07) is 12.2. The van der Waals surface area contributed by atoms with Crippen LogP contribution in [0.3, 0.4) is 0 Å². The van der Waals surface area contributed by atoms with Crippen LogP contribution in [0.15, 0.2) is 47.4 Å². The van der Waals surface area contributed by atoms with E-state index in [-0.39, 0.29) is 16.8 Å². The van der Waals surface area contributed by atoms with Crippen molar-refractivity contribution < 1.29 is 17.9 Å². The molecular formula is C23H31N3O4S. The van der Waals surface area contributed by atoms with E-state index in [0.717, 1.165) is 47.2 Å². The zero-order valence-corrected chi connectivity index (χ0v) is 19.4. The molecule has 3 rings (SSSR count). The number of carbonyl (C=O) groups excluding carboxylic acids is 1. The van der Waals surface area contributed by atoms with E-state index < -0.39 is 10.0 Å². The number of sulfonamides is 1. The molecule has 1 amide bonds. The molecule has 0 spiro atoms. The van der Waals surface area contributed by atoms with Gasteiger partial charge in [-0.2, -0.15) is 0 Å². The minimum atomic E-state index is -3.65. The standard InChI is InChI=1S/C23H31N3O4S/c1-5-30-19-10-8-9-18(15-19)17(2)24-23(27)21-16-20(31(28,29)25(3)4)11-12-22(21)26-13-6-7-14-26/h8-12,15-17H,5-7,13-14H2,1-4H3,(H,24,27). The highest BCUT2D eigenvalue weighted by Gasteiger charge is 2.25. The van der Waals surface area contributed by atoms with Gasteiger partial charge in [-0.05, 0) is 62.6 Å². The van der Waals surface area contributed by atoms with Gasteiger partial charge in [0.15, 0.2) is 0 Å². The van der Waals surface area contributed by atoms with Crippen molar-refractivity contribution in [3.05, 3.63) is 53.6 Å². The van der Waals surface area contributed by atoms with Gasteiger partial charge in [-0.1, -0.05) is 12.1 Å². The van der Waals surface area contributed by atoms with Gasteiger partial charge in [0.25, 0.3) is 5.91 Å². The van der Waals surface area contributed by atoms with Gasteiger partial charge in [0.05, 0.1) is 23.1 Å². The smallest absolute Gasteiger partial charge is 0.253 e. The molecule has 2 aromatic rings. The number of hydrogen-bond donors (Lipinski definition) is 1. The maximum Gasteiger partial charge on any atom is 0.253 e. The van der Waals surface area contributed by atoms with Crippen molar-refractivity contribution in [2.75, 3.05) is 38.7 Å². The summed E-state index contributed by atoms with van der Waals surface area (Å²) >= 11 is 0. The number of benzene rings is 2. The van der Waals surface area contributed by atoms with Gasteiger partial charge in [-0.3, -0.25) is 4.79 Å². The van der Waals surface area contributed by atoms with Crippen LogP contribution < -0.4 is 15.0 Å². The molecular weight excluding hydrogens is 414 g/mol. The molecule has 1 aliphatic rings. The molecule has 2 aromatic carbocycles. The monoisotopic (exact) mass is 445 g/mol. The number of nitrogens with zero attached hydrogens (tertiary/aromatic N) is 2. The summed E-state index contributed by atoms with van der Waals surface area (Å²) < 4.78 is 32.0. The van der Waals surface area contributed by atoms with Gasteiger partial charge >= 0.3 is 0 Å². The predicted molar refractivity (Wildman–Crippen MR) is 122 cm³/mol. The average molecular weight is 446 g/mol. The Kier molecular flexibility index (Phi) is 7.23. The third-order valence-corrected chi connectivity index (χ3v) is 7.27. The van der Waals surface area contributed by atoms with Crippen molar-refractivity contribution in [3.8, 4) is 5.75 Å². The van der Waals surface area contributed by atoms with Gasteiger partial charge in [-0.25, -0.2) is 12.7 Å². The van der Waals surface area contributed by atoms with Gasteiger partial charge in [0.1, 0.15) is 5.75 Å². The first-order valence-corrected chi connectivity index (χ1v) is 12.0. The molecule has 1 atom stereocenters. The minimum Gasteiger partial charge on any atom is -0.494 e. The Bertz CT molecular complexity index is 1030. The summed E-state index contributed by atoms with van der Waals surface area (Å²) in [7, 11) is -0.681. The average Bonchev–Trinajstić information content (AvgIpc) is 3.28. The Hall–Kier alpha value is -2.58. The Morgan fingerprint density at radius 1 is 1.16 bits per heavy atom. The third kappa shape index (κ3) is 5.19. The molecule has 0 aromatic heterocycles. The Morgan fingerprint density at radius 3 is 2.52 bits per heavy atom. The van der Waals surface area contributed by atoms with E-state index in [0.29, 0.717) is 12.2 Å². The zero-order chi connectivity index (χ0) is 22.6. The van der Waals surface area contributed by atoms with E-state index in [1.165, 1.54) is 20.2 Å². The lowest BCUT2D eigenvalue weighted by molar-refractivity contribution is 0.0940. The van der Waals surface area contributed by atoms with Gasteiger partial charge in [0, 0.05) is 32.9 Å². The lowest BCUT2D eigenvalue weighted by Crippen LogP contribution is -2.30. The van der Waals surface area contributed by atoms with E-state index in [1.807, 2.05) is 38.1 Å². The molecule has 0 aliphatic carbocycles. The topological polar surface area (TPSA) is 78.9 Å². The summed E-state index contributed by atoms with van der Waals surface area (Å²) in [5.41, 5.74) is 2.06. The summed E-state index contributed by atoms with van der Waals surface area (Å²) in [5.74, 6) is 0.449. The van der Waals surface area contributed by atoms with Crippen LogP contribution in [0, 0.1) is 0 Å². The summed E-state index contributed by atoms with van der Waals surface area (Å²) in [5, 5.41) is 3.02. The van der Waals surface area contributed by atoms with Crippen molar-refractivity contribution in [3.63, 3.8) is 0 Å². The fourth-order valence-electron chi connectivity index (χ4n) is 3.70. The van der Waals surface area contributed by atoms with E-state index in [4.69, 9.17) is 4.74 Å². The van der Waals surface area contributed by atoms with Crippen LogP contribution in [0.25, 0.3) is 0 Å². The first-order valence-electron chi connectivity index (χ1n) is 10.6. The quantitative estimate of drug-likeness (QED) is 0.674. The van der Waals surface area contributed by atoms with Crippen LogP contribution in [-0.4, -0.2) is 52.4 Å². The first kappa shape index (κ1) is 23.1. The Labute approximate surface area is 185 Å². The van der Waals surface area contributed by atoms with Gasteiger partial charge < -0.3 is 15.0 Å². The molecule has 7 nitrogen and oxygen atoms in total. The Morgan fingerprint density at radius 2 is 1.87 bits per heavy atom. The second kappa shape index (κ2) is 9.70. The highest BCUT2D eigenvalue weighted by molar-refractivity contribution is 7.89. The van der Waals surface area contributed by atoms with Crippen molar-refractivity contribution in [2.45, 2.75) is 37.6 Å². The number of amides is 1. The van der Waals surface area contributed by atoms with Crippen molar-refractivity contribution in [2.24, 2.45) is 0 Å². The molecule has 1 unspecified atom stereocenters. The second-order valence-corrected chi connectivity index (χ2v) is 10.0. The molecule has 1 aliphatic heterocycles. The van der Waals surface area contributed by atoms with Gasteiger partial charge in [-0.15, -0.1) is 0 Å². The van der Waals surface area contributed by atoms with E-state index >= 15 is 0 Å². The van der Waals surface area contributed by atoms with Crippen molar-refractivity contribution >= 4 is 21.6 Å². The molecule has 1 saturated heterocycles. The largest absolute Gasteiger partial charge is 0.494 e. The fourth-order valence-corrected chi connectivity index (χ4v) is 4.63. The summed E-state index contributed by atoms with van der Waals surface area (Å²) in [6.45, 7) is 6.10. The van der Waals surface area contributed by atoms with E-state index in [2.05, 4.69) is 10.2 Å². The van der Waals surface area contributed by atoms with Crippen molar-refractivity contribution in [1.82, 2.24) is 9.62 Å². The first-order chi connectivity index (χ1) is 14.7. The summed E-state index contributed by atoms with van der Waals surface area (Å²) in [6.07, 6.45) is 2.11. The molecule has 0 radical (unpaired) electrons. The van der Waals surface area contributed by atoms with Crippen LogP contribution in [0.1, 0.15) is 48.7 Å². The number of ether oxygens (including phenoxy) is 1. The summed E-state index contributed by atoms with van der Waals surface area (Å²) in [4.78, 5) is 15.5. The number of nitrogens with one attached hydrogen (secondary N) is 1. The molecule has 31 heavy (non-hydrogen) atoms. The van der Waals surface area contributed by atoms with Crippen LogP contribution in [0.2, 0.25) is 0 Å². The maximum atomic E-state index is 13.3. The SMILES string of the molecule is CCOc1cccc(C(C)NC(=O)c2cc(S(=O)(=O)N(C)C)ccc2N2CCCC2)c1. The Balaban J connectivity index is 1.93. The molecule has 0 bridgehead atoms. The fraction of sp³-hybridized carbons (Fsp3) is 0.435. The van der Waals surface area contributed by atoms with E-state index in [9.17, 15) is 13.2 Å². The van der Waals surface area contributed by atoms with E-state index in [1.54, 1.807) is 12.1 Å². The lowest BCUT2D eigenvalue weighted by atomic mass is 10.1. The third-order valence-electron chi connectivity index (χ3n) is 5.45. The number of carbonyl (C=O) groups is 1. The van der Waals surface area contributed by atoms with Crippen molar-refractivity contribution in [1.29, 1.82) is 0 Å². The highest BCUT2D eigenvalue weighted by atomic mass is 32.2. The normalized spacial score (nSPS) is 15.2. The van der Waals surface area contributed by atoms with Crippen LogP contribution in [0.4, 0.5) is 5.69 Å². The zero-order valence-electron chi connectivity index (χ0n) is 18.6. The second-order valence-electron chi connectivity index (χ2n) is 7.86. The number of rotatable bonds is 8. The lowest BCUT2D eigenvalue weighted by Gasteiger charge is -2.23. The van der Waals surface area contributed by atoms with Crippen LogP contribution in [0.5, 0.6) is 5.75 Å². The maximum absolute atomic E-state index is 13.3. The van der Waals surface area contributed by atoms with Crippen LogP contribution >= 0.6 is 0 Å². The molecule has 0 saturated carbocycles. The number of hydrogen-bond acceptors (Lipinski definition) is 5. The highest BCUT2D eigenvalue weighted by Crippen LogP contribution is 2.29. The number of anilines is 1. The minimum absolute atomic E-state index is 0.108. The predicted octanol–water partition coefficient (Wildman–Crippen LogP) is 3.43. The van der Waals surface area contributed by atoms with Gasteiger partial charge in [0.2, 0.25) is 10.0 Å².